The van der Waals surface area contributed by atoms with Gasteiger partial charge in [0.15, 0.2) is 0 Å². The number of rotatable bonds is 11. The fraction of sp³-hybridized carbons (Fsp3) is 0.480. The van der Waals surface area contributed by atoms with Crippen LogP contribution < -0.4 is 9.47 Å². The molecule has 0 radical (unpaired) electrons. The van der Waals surface area contributed by atoms with E-state index in [-0.39, 0.29) is 23.9 Å². The summed E-state index contributed by atoms with van der Waals surface area (Å²) in [5.74, 6) is 2.00. The van der Waals surface area contributed by atoms with Crippen molar-refractivity contribution >= 4 is 17.6 Å². The van der Waals surface area contributed by atoms with Gasteiger partial charge in [0, 0.05) is 12.3 Å². The van der Waals surface area contributed by atoms with Crippen molar-refractivity contribution in [2.45, 2.75) is 52.6 Å². The van der Waals surface area contributed by atoms with E-state index < -0.39 is 6.10 Å². The number of esters is 1. The highest BCUT2D eigenvalue weighted by molar-refractivity contribution is 6.18. The number of hydrogen-bond donors (Lipinski definition) is 0. The summed E-state index contributed by atoms with van der Waals surface area (Å²) in [7, 11) is 0. The maximum atomic E-state index is 11.1. The lowest BCUT2D eigenvalue weighted by Crippen LogP contribution is -2.25. The van der Waals surface area contributed by atoms with Crippen LogP contribution in [0.5, 0.6) is 11.5 Å². The topological polar surface area (TPSA) is 44.8 Å². The highest BCUT2D eigenvalue weighted by Gasteiger charge is 2.23. The Hall–Kier alpha value is -2.20. The van der Waals surface area contributed by atoms with Gasteiger partial charge in [0.05, 0.1) is 12.5 Å². The quantitative estimate of drug-likeness (QED) is 0.323. The first-order valence-corrected chi connectivity index (χ1v) is 11.0. The molecular formula is C25H33ClO4. The van der Waals surface area contributed by atoms with Gasteiger partial charge in [-0.3, -0.25) is 4.79 Å². The van der Waals surface area contributed by atoms with Crippen molar-refractivity contribution < 1.29 is 19.0 Å². The van der Waals surface area contributed by atoms with E-state index in [0.717, 1.165) is 18.8 Å². The number of hydrogen-bond acceptors (Lipinski definition) is 4. The summed E-state index contributed by atoms with van der Waals surface area (Å²) in [5, 5.41) is 0. The number of ether oxygens (including phenoxy) is 3. The number of carbonyl (C=O) groups is 1. The van der Waals surface area contributed by atoms with E-state index in [1.54, 1.807) is 0 Å². The third-order valence-corrected chi connectivity index (χ3v) is 5.67. The van der Waals surface area contributed by atoms with Crippen molar-refractivity contribution in [3.8, 4) is 11.5 Å². The maximum absolute atomic E-state index is 11.1. The van der Waals surface area contributed by atoms with E-state index in [0.29, 0.717) is 11.7 Å². The Morgan fingerprint density at radius 2 is 1.40 bits per heavy atom. The molecule has 0 saturated carbocycles. The molecule has 0 bridgehead atoms. The first kappa shape index (κ1) is 24.1. The number of carbonyl (C=O) groups excluding carboxylic acids is 1. The molecule has 0 heterocycles. The SMILES string of the molecule is CC[C@@H](C)COc1ccc(C(C)(C)c2ccc(OC[C@@H](CCl)OC(C)=O)cc2)cc1. The second-order valence-corrected chi connectivity index (χ2v) is 8.50. The summed E-state index contributed by atoms with van der Waals surface area (Å²) in [4.78, 5) is 11.1. The van der Waals surface area contributed by atoms with Crippen LogP contribution in [0, 0.1) is 5.92 Å². The molecular weight excluding hydrogens is 400 g/mol. The van der Waals surface area contributed by atoms with E-state index >= 15 is 0 Å². The van der Waals surface area contributed by atoms with Gasteiger partial charge >= 0.3 is 5.97 Å². The normalized spacial score (nSPS) is 13.4. The third-order valence-electron chi connectivity index (χ3n) is 5.32. The Labute approximate surface area is 185 Å². The average Bonchev–Trinajstić information content (AvgIpc) is 2.75. The molecule has 0 saturated heterocycles. The number of alkyl halides is 1. The summed E-state index contributed by atoms with van der Waals surface area (Å²) < 4.78 is 16.7. The van der Waals surface area contributed by atoms with Crippen LogP contribution >= 0.6 is 11.6 Å². The van der Waals surface area contributed by atoms with Gasteiger partial charge < -0.3 is 14.2 Å². The summed E-state index contributed by atoms with van der Waals surface area (Å²) in [6, 6.07) is 16.3. The van der Waals surface area contributed by atoms with Gasteiger partial charge in [-0.15, -0.1) is 11.6 Å². The molecule has 0 aliphatic rings. The van der Waals surface area contributed by atoms with Crippen molar-refractivity contribution in [3.63, 3.8) is 0 Å². The minimum absolute atomic E-state index is 0.163. The van der Waals surface area contributed by atoms with Gasteiger partial charge in [-0.1, -0.05) is 58.4 Å². The molecule has 164 valence electrons. The van der Waals surface area contributed by atoms with Crippen LogP contribution in [0.25, 0.3) is 0 Å². The Balaban J connectivity index is 2.01. The zero-order chi connectivity index (χ0) is 22.1. The van der Waals surface area contributed by atoms with E-state index in [1.807, 2.05) is 24.3 Å². The first-order valence-electron chi connectivity index (χ1n) is 10.5. The lowest BCUT2D eigenvalue weighted by molar-refractivity contribution is -0.146. The van der Waals surface area contributed by atoms with Gasteiger partial charge in [-0.05, 0) is 41.3 Å². The Morgan fingerprint density at radius 1 is 0.933 bits per heavy atom. The molecule has 2 aromatic rings. The van der Waals surface area contributed by atoms with Gasteiger partial charge in [0.2, 0.25) is 0 Å². The molecule has 0 aliphatic heterocycles. The van der Waals surface area contributed by atoms with Crippen LogP contribution in [0.1, 0.15) is 52.2 Å². The Bertz CT molecular complexity index is 784. The van der Waals surface area contributed by atoms with Crippen molar-refractivity contribution in [2.75, 3.05) is 19.1 Å². The van der Waals surface area contributed by atoms with Crippen LogP contribution in [0.3, 0.4) is 0 Å². The molecule has 2 rings (SSSR count). The maximum Gasteiger partial charge on any atom is 0.303 e. The Kier molecular flexibility index (Phi) is 9.04. The van der Waals surface area contributed by atoms with Crippen molar-refractivity contribution in [3.05, 3.63) is 59.7 Å². The lowest BCUT2D eigenvalue weighted by Gasteiger charge is -2.26. The molecule has 30 heavy (non-hydrogen) atoms. The molecule has 0 aromatic heterocycles. The standard InChI is InChI=1S/C25H33ClO4/c1-6-18(2)16-28-22-11-7-20(8-12-22)25(4,5)21-9-13-23(14-10-21)29-17-24(15-26)30-19(3)27/h7-14,18,24H,6,15-17H2,1-5H3/t18-,24-/m1/s1. The van der Waals surface area contributed by atoms with Gasteiger partial charge in [-0.25, -0.2) is 0 Å². The monoisotopic (exact) mass is 432 g/mol. The summed E-state index contributed by atoms with van der Waals surface area (Å²) in [5.41, 5.74) is 2.23. The summed E-state index contributed by atoms with van der Waals surface area (Å²) in [6.07, 6.45) is 0.655. The minimum atomic E-state index is -0.457. The van der Waals surface area contributed by atoms with Crippen molar-refractivity contribution in [1.82, 2.24) is 0 Å². The second-order valence-electron chi connectivity index (χ2n) is 8.19. The smallest absolute Gasteiger partial charge is 0.303 e. The molecule has 0 N–H and O–H groups in total. The number of benzene rings is 2. The van der Waals surface area contributed by atoms with Gasteiger partial charge in [0.25, 0.3) is 0 Å². The predicted molar refractivity (Wildman–Crippen MR) is 122 cm³/mol. The largest absolute Gasteiger partial charge is 0.493 e. The molecule has 0 amide bonds. The van der Waals surface area contributed by atoms with Crippen LogP contribution in [0.15, 0.2) is 48.5 Å². The molecule has 4 nitrogen and oxygen atoms in total. The molecule has 2 atom stereocenters. The van der Waals surface area contributed by atoms with Crippen LogP contribution in [0.2, 0.25) is 0 Å². The molecule has 0 aliphatic carbocycles. The fourth-order valence-corrected chi connectivity index (χ4v) is 3.14. The molecule has 0 fully saturated rings. The van der Waals surface area contributed by atoms with E-state index in [4.69, 9.17) is 25.8 Å². The van der Waals surface area contributed by atoms with E-state index in [9.17, 15) is 4.79 Å². The molecule has 0 spiro atoms. The fourth-order valence-electron chi connectivity index (χ4n) is 2.99. The van der Waals surface area contributed by atoms with Gasteiger partial charge in [-0.2, -0.15) is 0 Å². The molecule has 2 aromatic carbocycles. The van der Waals surface area contributed by atoms with E-state index in [1.165, 1.54) is 18.1 Å². The lowest BCUT2D eigenvalue weighted by atomic mass is 9.78. The van der Waals surface area contributed by atoms with Crippen LogP contribution in [0.4, 0.5) is 0 Å². The summed E-state index contributed by atoms with van der Waals surface area (Å²) in [6.45, 7) is 11.1. The van der Waals surface area contributed by atoms with Crippen LogP contribution in [-0.2, 0) is 14.9 Å². The van der Waals surface area contributed by atoms with Gasteiger partial charge in [0.1, 0.15) is 24.2 Å². The highest BCUT2D eigenvalue weighted by atomic mass is 35.5. The minimum Gasteiger partial charge on any atom is -0.493 e. The first-order chi connectivity index (χ1) is 14.3. The highest BCUT2D eigenvalue weighted by Crippen LogP contribution is 2.33. The molecule has 0 unspecified atom stereocenters. The third kappa shape index (κ3) is 6.94. The van der Waals surface area contributed by atoms with Crippen LogP contribution in [-0.4, -0.2) is 31.2 Å². The predicted octanol–water partition coefficient (Wildman–Crippen LogP) is 5.99. The van der Waals surface area contributed by atoms with E-state index in [2.05, 4.69) is 52.0 Å². The molecule has 5 heteroatoms. The number of halogens is 1. The Morgan fingerprint density at radius 3 is 1.80 bits per heavy atom. The van der Waals surface area contributed by atoms with Crippen molar-refractivity contribution in [1.29, 1.82) is 0 Å². The zero-order valence-electron chi connectivity index (χ0n) is 18.6. The average molecular weight is 433 g/mol. The van der Waals surface area contributed by atoms with Crippen molar-refractivity contribution in [2.24, 2.45) is 5.92 Å². The summed E-state index contributed by atoms with van der Waals surface area (Å²) >= 11 is 5.82. The second kappa shape index (κ2) is 11.3. The zero-order valence-corrected chi connectivity index (χ0v) is 19.4.